The van der Waals surface area contributed by atoms with Crippen LogP contribution in [0.3, 0.4) is 0 Å². The number of hydrogen-bond donors (Lipinski definition) is 1. The number of ether oxygens (including phenoxy) is 2. The topological polar surface area (TPSA) is 30.5 Å². The highest BCUT2D eigenvalue weighted by Crippen LogP contribution is 2.18. The number of nitrogens with one attached hydrogen (secondary N) is 1. The van der Waals surface area contributed by atoms with Crippen LogP contribution in [0.25, 0.3) is 0 Å². The minimum Gasteiger partial charge on any atom is -0.374 e. The van der Waals surface area contributed by atoms with E-state index in [4.69, 9.17) is 9.47 Å². The lowest BCUT2D eigenvalue weighted by Crippen LogP contribution is -2.51. The molecule has 1 aromatic rings. The first-order valence-electron chi connectivity index (χ1n) is 6.36. The first-order valence-corrected chi connectivity index (χ1v) is 7.16. The lowest BCUT2D eigenvalue weighted by Gasteiger charge is -2.36. The Bertz CT molecular complexity index is 439. The van der Waals surface area contributed by atoms with Gasteiger partial charge in [0, 0.05) is 23.1 Å². The molecule has 1 aliphatic heterocycles. The number of morpholine rings is 1. The molecule has 19 heavy (non-hydrogen) atoms. The Morgan fingerprint density at radius 1 is 1.53 bits per heavy atom. The Morgan fingerprint density at radius 2 is 2.32 bits per heavy atom. The van der Waals surface area contributed by atoms with Gasteiger partial charge in [0.15, 0.2) is 0 Å². The number of benzene rings is 1. The van der Waals surface area contributed by atoms with Gasteiger partial charge in [-0.3, -0.25) is 0 Å². The van der Waals surface area contributed by atoms with E-state index in [2.05, 4.69) is 21.2 Å². The average Bonchev–Trinajstić information content (AvgIpc) is 2.31. The second-order valence-corrected chi connectivity index (χ2v) is 6.30. The minimum absolute atomic E-state index is 0.0160. The zero-order valence-electron chi connectivity index (χ0n) is 11.2. The third-order valence-corrected chi connectivity index (χ3v) is 3.48. The van der Waals surface area contributed by atoms with Gasteiger partial charge in [-0.15, -0.1) is 0 Å². The van der Waals surface area contributed by atoms with E-state index in [9.17, 15) is 4.39 Å². The van der Waals surface area contributed by atoms with E-state index >= 15 is 0 Å². The van der Waals surface area contributed by atoms with Crippen LogP contribution in [0.1, 0.15) is 19.4 Å². The van der Waals surface area contributed by atoms with E-state index in [1.165, 1.54) is 6.07 Å². The highest BCUT2D eigenvalue weighted by molar-refractivity contribution is 9.10. The van der Waals surface area contributed by atoms with E-state index in [1.54, 1.807) is 6.07 Å². The van der Waals surface area contributed by atoms with Gasteiger partial charge in [-0.1, -0.05) is 22.0 Å². The van der Waals surface area contributed by atoms with E-state index < -0.39 is 0 Å². The molecule has 0 saturated carbocycles. The van der Waals surface area contributed by atoms with Gasteiger partial charge >= 0.3 is 0 Å². The fourth-order valence-corrected chi connectivity index (χ4v) is 2.43. The van der Waals surface area contributed by atoms with Crippen molar-refractivity contribution in [2.24, 2.45) is 0 Å². The van der Waals surface area contributed by atoms with Gasteiger partial charge in [-0.05, 0) is 26.0 Å². The maximum atomic E-state index is 13.6. The maximum absolute atomic E-state index is 13.6. The van der Waals surface area contributed by atoms with Crippen LogP contribution < -0.4 is 5.32 Å². The van der Waals surface area contributed by atoms with Crippen molar-refractivity contribution in [1.29, 1.82) is 0 Å². The third kappa shape index (κ3) is 4.53. The SMILES string of the molecule is CC1(C)CNCC(COCc2ccc(Br)cc2F)O1. The van der Waals surface area contributed by atoms with Crippen LogP contribution >= 0.6 is 15.9 Å². The summed E-state index contributed by atoms with van der Waals surface area (Å²) in [5.74, 6) is -0.252. The van der Waals surface area contributed by atoms with Crippen molar-refractivity contribution in [3.05, 3.63) is 34.1 Å². The molecule has 1 fully saturated rings. The van der Waals surface area contributed by atoms with Crippen molar-refractivity contribution < 1.29 is 13.9 Å². The van der Waals surface area contributed by atoms with Crippen LogP contribution in [-0.2, 0) is 16.1 Å². The highest BCUT2D eigenvalue weighted by atomic mass is 79.9. The summed E-state index contributed by atoms with van der Waals surface area (Å²) in [6.45, 7) is 6.42. The van der Waals surface area contributed by atoms with Crippen molar-refractivity contribution in [3.8, 4) is 0 Å². The summed E-state index contributed by atoms with van der Waals surface area (Å²) in [5.41, 5.74) is 0.390. The first-order chi connectivity index (χ1) is 8.96. The fraction of sp³-hybridized carbons (Fsp3) is 0.571. The van der Waals surface area contributed by atoms with Crippen molar-refractivity contribution >= 4 is 15.9 Å². The molecule has 1 N–H and O–H groups in total. The van der Waals surface area contributed by atoms with Crippen molar-refractivity contribution in [2.45, 2.75) is 32.2 Å². The summed E-state index contributed by atoms with van der Waals surface area (Å²) in [6, 6.07) is 4.98. The molecular weight excluding hydrogens is 313 g/mol. The fourth-order valence-electron chi connectivity index (χ4n) is 2.10. The summed E-state index contributed by atoms with van der Waals surface area (Å²) >= 11 is 3.23. The van der Waals surface area contributed by atoms with Crippen LogP contribution in [0.15, 0.2) is 22.7 Å². The molecule has 1 saturated heterocycles. The monoisotopic (exact) mass is 331 g/mol. The summed E-state index contributed by atoms with van der Waals surface area (Å²) in [7, 11) is 0. The van der Waals surface area contributed by atoms with Crippen LogP contribution in [0.4, 0.5) is 4.39 Å². The van der Waals surface area contributed by atoms with E-state index in [0.29, 0.717) is 12.2 Å². The molecule has 1 unspecified atom stereocenters. The van der Waals surface area contributed by atoms with Crippen LogP contribution in [0.5, 0.6) is 0 Å². The van der Waals surface area contributed by atoms with E-state index in [1.807, 2.05) is 19.9 Å². The number of hydrogen-bond acceptors (Lipinski definition) is 3. The third-order valence-electron chi connectivity index (χ3n) is 2.98. The Balaban J connectivity index is 1.80. The normalized spacial score (nSPS) is 22.4. The standard InChI is InChI=1S/C14H19BrFNO2/c1-14(2)9-17-6-12(19-14)8-18-7-10-3-4-11(15)5-13(10)16/h3-5,12,17H,6-9H2,1-2H3. The minimum atomic E-state index is -0.252. The summed E-state index contributed by atoms with van der Waals surface area (Å²) in [4.78, 5) is 0. The molecule has 1 aliphatic rings. The molecule has 1 heterocycles. The van der Waals surface area contributed by atoms with Crippen LogP contribution in [0.2, 0.25) is 0 Å². The molecule has 0 aliphatic carbocycles. The smallest absolute Gasteiger partial charge is 0.129 e. The zero-order chi connectivity index (χ0) is 13.9. The molecule has 5 heteroatoms. The predicted octanol–water partition coefficient (Wildman–Crippen LogP) is 2.87. The Morgan fingerprint density at radius 3 is 3.00 bits per heavy atom. The van der Waals surface area contributed by atoms with Crippen molar-refractivity contribution in [2.75, 3.05) is 19.7 Å². The van der Waals surface area contributed by atoms with Gasteiger partial charge in [0.25, 0.3) is 0 Å². The molecule has 0 radical (unpaired) electrons. The second-order valence-electron chi connectivity index (χ2n) is 5.38. The summed E-state index contributed by atoms with van der Waals surface area (Å²) in [5, 5.41) is 3.31. The lowest BCUT2D eigenvalue weighted by atomic mass is 10.1. The van der Waals surface area contributed by atoms with Gasteiger partial charge in [-0.2, -0.15) is 0 Å². The molecule has 2 rings (SSSR count). The highest BCUT2D eigenvalue weighted by Gasteiger charge is 2.28. The van der Waals surface area contributed by atoms with Crippen molar-refractivity contribution in [1.82, 2.24) is 5.32 Å². The Labute approximate surface area is 121 Å². The first kappa shape index (κ1) is 14.9. The molecule has 3 nitrogen and oxygen atoms in total. The van der Waals surface area contributed by atoms with E-state index in [-0.39, 0.29) is 24.1 Å². The maximum Gasteiger partial charge on any atom is 0.129 e. The molecular formula is C14H19BrFNO2. The Kier molecular flexibility index (Phi) is 4.95. The quantitative estimate of drug-likeness (QED) is 0.920. The predicted molar refractivity (Wildman–Crippen MR) is 75.6 cm³/mol. The summed E-state index contributed by atoms with van der Waals surface area (Å²) in [6.07, 6.45) is 0.0160. The molecule has 0 spiro atoms. The molecule has 0 aromatic heterocycles. The van der Waals surface area contributed by atoms with Crippen LogP contribution in [0, 0.1) is 5.82 Å². The van der Waals surface area contributed by atoms with Crippen LogP contribution in [-0.4, -0.2) is 31.4 Å². The molecule has 1 atom stereocenters. The van der Waals surface area contributed by atoms with Crippen molar-refractivity contribution in [3.63, 3.8) is 0 Å². The van der Waals surface area contributed by atoms with E-state index in [0.717, 1.165) is 17.6 Å². The van der Waals surface area contributed by atoms with Gasteiger partial charge in [0.2, 0.25) is 0 Å². The lowest BCUT2D eigenvalue weighted by molar-refractivity contribution is -0.122. The van der Waals surface area contributed by atoms with Gasteiger partial charge in [-0.25, -0.2) is 4.39 Å². The molecule has 106 valence electrons. The summed E-state index contributed by atoms with van der Waals surface area (Å²) < 4.78 is 25.7. The zero-order valence-corrected chi connectivity index (χ0v) is 12.8. The largest absolute Gasteiger partial charge is 0.374 e. The second kappa shape index (κ2) is 6.31. The van der Waals surface area contributed by atoms with Gasteiger partial charge in [0.1, 0.15) is 5.82 Å². The van der Waals surface area contributed by atoms with Gasteiger partial charge < -0.3 is 14.8 Å². The number of halogens is 2. The molecule has 0 bridgehead atoms. The average molecular weight is 332 g/mol. The van der Waals surface area contributed by atoms with Gasteiger partial charge in [0.05, 0.1) is 24.9 Å². The molecule has 1 aromatic carbocycles. The Hall–Kier alpha value is -0.490. The molecule has 0 amide bonds. The number of rotatable bonds is 4.